The number of hydrogen-bond donors (Lipinski definition) is 0. The molecule has 0 unspecified atom stereocenters. The normalized spacial score (nSPS) is 10.6. The number of nitrogens with zero attached hydrogens (tertiary/aromatic N) is 2. The quantitative estimate of drug-likeness (QED) is 0.496. The third kappa shape index (κ3) is 2.79. The lowest BCUT2D eigenvalue weighted by molar-refractivity contribution is 1.33. The van der Waals surface area contributed by atoms with Gasteiger partial charge in [0.2, 0.25) is 0 Å². The fourth-order valence-electron chi connectivity index (χ4n) is 2.51. The molecule has 3 heteroatoms. The fraction of sp³-hybridized carbons (Fsp3) is 0. The Bertz CT molecular complexity index is 843. The molecule has 23 heavy (non-hydrogen) atoms. The summed E-state index contributed by atoms with van der Waals surface area (Å²) in [7, 11) is 0. The summed E-state index contributed by atoms with van der Waals surface area (Å²) in [5.41, 5.74) is 4.39. The highest BCUT2D eigenvalue weighted by Crippen LogP contribution is 2.40. The molecule has 0 amide bonds. The van der Waals surface area contributed by atoms with Gasteiger partial charge in [0.05, 0.1) is 10.6 Å². The predicted molar refractivity (Wildman–Crippen MR) is 96.2 cm³/mol. The number of pyridine rings is 1. The van der Waals surface area contributed by atoms with Crippen LogP contribution in [0, 0.1) is 0 Å². The molecule has 4 aromatic rings. The lowest BCUT2D eigenvalue weighted by Crippen LogP contribution is -1.82. The van der Waals surface area contributed by atoms with E-state index in [1.54, 1.807) is 17.5 Å². The van der Waals surface area contributed by atoms with Crippen LogP contribution in [0.1, 0.15) is 0 Å². The first kappa shape index (κ1) is 13.9. The van der Waals surface area contributed by atoms with Crippen molar-refractivity contribution in [3.63, 3.8) is 0 Å². The van der Waals surface area contributed by atoms with Crippen molar-refractivity contribution in [2.75, 3.05) is 0 Å². The molecule has 2 aromatic heterocycles. The zero-order chi connectivity index (χ0) is 15.5. The monoisotopic (exact) mass is 314 g/mol. The molecular weight excluding hydrogens is 300 g/mol. The van der Waals surface area contributed by atoms with Gasteiger partial charge in [-0.3, -0.25) is 4.98 Å². The van der Waals surface area contributed by atoms with Crippen molar-refractivity contribution in [2.45, 2.75) is 0 Å². The molecule has 4 rings (SSSR count). The van der Waals surface area contributed by atoms with Gasteiger partial charge in [-0.2, -0.15) is 0 Å². The summed E-state index contributed by atoms with van der Waals surface area (Å²) in [6, 6.07) is 24.7. The molecule has 0 aliphatic heterocycles. The van der Waals surface area contributed by atoms with Crippen molar-refractivity contribution in [3.8, 4) is 32.3 Å². The van der Waals surface area contributed by atoms with Crippen LogP contribution in [0.5, 0.6) is 0 Å². The van der Waals surface area contributed by atoms with Crippen LogP contribution in [0.15, 0.2) is 85.2 Å². The second kappa shape index (κ2) is 6.15. The third-order valence-corrected chi connectivity index (χ3v) is 4.77. The smallest absolute Gasteiger partial charge is 0.124 e. The second-order valence-electron chi connectivity index (χ2n) is 5.17. The Morgan fingerprint density at radius 1 is 0.652 bits per heavy atom. The third-order valence-electron chi connectivity index (χ3n) is 3.62. The Balaban J connectivity index is 1.91. The van der Waals surface area contributed by atoms with Crippen LogP contribution in [0.2, 0.25) is 0 Å². The minimum atomic E-state index is 1.02. The van der Waals surface area contributed by atoms with Crippen LogP contribution in [-0.2, 0) is 0 Å². The standard InChI is InChI=1S/C20H14N2S/c1-3-8-15(9-4-1)18-19(17-12-7-13-21-14-17)23-20(22-18)16-10-5-2-6-11-16/h1-14H. The van der Waals surface area contributed by atoms with E-state index in [1.165, 1.54) is 0 Å². The van der Waals surface area contributed by atoms with Crippen LogP contribution in [0.4, 0.5) is 0 Å². The Kier molecular flexibility index (Phi) is 3.70. The van der Waals surface area contributed by atoms with Crippen LogP contribution < -0.4 is 0 Å². The summed E-state index contributed by atoms with van der Waals surface area (Å²) in [5.74, 6) is 0. The lowest BCUT2D eigenvalue weighted by Gasteiger charge is -2.01. The van der Waals surface area contributed by atoms with E-state index in [0.717, 1.165) is 32.3 Å². The highest BCUT2D eigenvalue weighted by atomic mass is 32.1. The summed E-state index contributed by atoms with van der Waals surface area (Å²) < 4.78 is 0. The van der Waals surface area contributed by atoms with E-state index in [-0.39, 0.29) is 0 Å². The first-order chi connectivity index (χ1) is 11.4. The van der Waals surface area contributed by atoms with Gasteiger partial charge in [0.25, 0.3) is 0 Å². The Morgan fingerprint density at radius 2 is 1.30 bits per heavy atom. The lowest BCUT2D eigenvalue weighted by atomic mass is 10.1. The van der Waals surface area contributed by atoms with Gasteiger partial charge >= 0.3 is 0 Å². The maximum absolute atomic E-state index is 4.92. The van der Waals surface area contributed by atoms with Crippen molar-refractivity contribution in [3.05, 3.63) is 85.2 Å². The maximum Gasteiger partial charge on any atom is 0.124 e. The molecule has 0 saturated carbocycles. The first-order valence-corrected chi connectivity index (χ1v) is 8.25. The van der Waals surface area contributed by atoms with Crippen LogP contribution >= 0.6 is 11.3 Å². The fourth-order valence-corrected chi connectivity index (χ4v) is 3.59. The molecule has 110 valence electrons. The molecule has 2 aromatic carbocycles. The molecule has 0 fully saturated rings. The number of rotatable bonds is 3. The summed E-state index contributed by atoms with van der Waals surface area (Å²) in [5, 5.41) is 1.03. The zero-order valence-electron chi connectivity index (χ0n) is 12.4. The Labute approximate surface area is 139 Å². The van der Waals surface area contributed by atoms with E-state index in [9.17, 15) is 0 Å². The van der Waals surface area contributed by atoms with Crippen molar-refractivity contribution < 1.29 is 0 Å². The highest BCUT2D eigenvalue weighted by molar-refractivity contribution is 7.19. The molecule has 0 aliphatic carbocycles. The molecule has 2 heterocycles. The number of thiazole rings is 1. The second-order valence-corrected chi connectivity index (χ2v) is 6.17. The number of hydrogen-bond acceptors (Lipinski definition) is 3. The van der Waals surface area contributed by atoms with E-state index in [2.05, 4.69) is 35.3 Å². The molecule has 0 saturated heterocycles. The summed E-state index contributed by atoms with van der Waals surface area (Å²) in [6.07, 6.45) is 3.69. The van der Waals surface area contributed by atoms with Gasteiger partial charge in [-0.25, -0.2) is 4.98 Å². The minimum Gasteiger partial charge on any atom is -0.264 e. The molecule has 2 nitrogen and oxygen atoms in total. The first-order valence-electron chi connectivity index (χ1n) is 7.44. The van der Waals surface area contributed by atoms with Crippen molar-refractivity contribution in [1.82, 2.24) is 9.97 Å². The molecular formula is C20H14N2S. The minimum absolute atomic E-state index is 1.02. The topological polar surface area (TPSA) is 25.8 Å². The van der Waals surface area contributed by atoms with E-state index >= 15 is 0 Å². The summed E-state index contributed by atoms with van der Waals surface area (Å²) in [4.78, 5) is 10.3. The number of aromatic nitrogens is 2. The van der Waals surface area contributed by atoms with Gasteiger partial charge in [-0.15, -0.1) is 11.3 Å². The van der Waals surface area contributed by atoms with Crippen molar-refractivity contribution in [2.24, 2.45) is 0 Å². The largest absolute Gasteiger partial charge is 0.264 e. The van der Waals surface area contributed by atoms with Gasteiger partial charge in [-0.1, -0.05) is 66.7 Å². The summed E-state index contributed by atoms with van der Waals surface area (Å²) >= 11 is 1.71. The maximum atomic E-state index is 4.92. The molecule has 0 aliphatic rings. The van der Waals surface area contributed by atoms with E-state index in [0.29, 0.717) is 0 Å². The SMILES string of the molecule is c1ccc(-c2nc(-c3ccccc3)c(-c3cccnc3)s2)cc1. The van der Waals surface area contributed by atoms with Gasteiger partial charge in [0.15, 0.2) is 0 Å². The van der Waals surface area contributed by atoms with Crippen LogP contribution in [-0.4, -0.2) is 9.97 Å². The van der Waals surface area contributed by atoms with E-state index < -0.39 is 0 Å². The predicted octanol–water partition coefficient (Wildman–Crippen LogP) is 5.54. The molecule has 0 atom stereocenters. The highest BCUT2D eigenvalue weighted by Gasteiger charge is 2.15. The number of benzene rings is 2. The van der Waals surface area contributed by atoms with Crippen LogP contribution in [0.25, 0.3) is 32.3 Å². The Hall–Kier alpha value is -2.78. The van der Waals surface area contributed by atoms with Gasteiger partial charge in [-0.05, 0) is 6.07 Å². The average molecular weight is 314 g/mol. The molecule has 0 radical (unpaired) electrons. The average Bonchev–Trinajstić information content (AvgIpc) is 3.09. The molecule has 0 bridgehead atoms. The molecule has 0 N–H and O–H groups in total. The zero-order valence-corrected chi connectivity index (χ0v) is 13.2. The Morgan fingerprint density at radius 3 is 1.96 bits per heavy atom. The van der Waals surface area contributed by atoms with Gasteiger partial charge in [0, 0.05) is 29.1 Å². The molecule has 0 spiro atoms. The van der Waals surface area contributed by atoms with Crippen LogP contribution in [0.3, 0.4) is 0 Å². The van der Waals surface area contributed by atoms with E-state index in [4.69, 9.17) is 4.98 Å². The van der Waals surface area contributed by atoms with Crippen molar-refractivity contribution in [1.29, 1.82) is 0 Å². The van der Waals surface area contributed by atoms with Gasteiger partial charge < -0.3 is 0 Å². The van der Waals surface area contributed by atoms with Gasteiger partial charge in [0.1, 0.15) is 5.01 Å². The summed E-state index contributed by atoms with van der Waals surface area (Å²) in [6.45, 7) is 0. The van der Waals surface area contributed by atoms with E-state index in [1.807, 2.05) is 48.7 Å². The van der Waals surface area contributed by atoms with Crippen molar-refractivity contribution >= 4 is 11.3 Å².